The highest BCUT2D eigenvalue weighted by Gasteiger charge is 2.39. The van der Waals surface area contributed by atoms with Crippen LogP contribution >= 0.6 is 0 Å². The average molecular weight is 270 g/mol. The summed E-state index contributed by atoms with van der Waals surface area (Å²) in [6.45, 7) is 3.84. The summed E-state index contributed by atoms with van der Waals surface area (Å²) in [5, 5.41) is 12.9. The Kier molecular flexibility index (Phi) is 6.80. The second kappa shape index (κ2) is 7.85. The molecule has 1 rings (SSSR count). The van der Waals surface area contributed by atoms with Gasteiger partial charge in [-0.15, -0.1) is 0 Å². The maximum absolute atomic E-state index is 11.7. The Balaban J connectivity index is 2.58. The molecule has 2 N–H and O–H groups in total. The van der Waals surface area contributed by atoms with E-state index in [1.54, 1.807) is 0 Å². The highest BCUT2D eigenvalue weighted by Crippen LogP contribution is 2.32. The summed E-state index contributed by atoms with van der Waals surface area (Å²) < 4.78 is 0. The predicted octanol–water partition coefficient (Wildman–Crippen LogP) is 2.34. The summed E-state index contributed by atoms with van der Waals surface area (Å²) in [6.07, 6.45) is 7.28. The van der Waals surface area contributed by atoms with E-state index in [9.17, 15) is 9.90 Å². The van der Waals surface area contributed by atoms with Gasteiger partial charge in [-0.2, -0.15) is 0 Å². The van der Waals surface area contributed by atoms with Crippen molar-refractivity contribution in [2.24, 2.45) is 5.92 Å². The van der Waals surface area contributed by atoms with Gasteiger partial charge < -0.3 is 15.3 Å². The van der Waals surface area contributed by atoms with Gasteiger partial charge in [0, 0.05) is 13.1 Å². The molecule has 0 saturated heterocycles. The van der Waals surface area contributed by atoms with Crippen LogP contribution in [0.3, 0.4) is 0 Å². The summed E-state index contributed by atoms with van der Waals surface area (Å²) in [4.78, 5) is 13.8. The number of carboxylic acid groups (broad SMARTS) is 1. The normalized spacial score (nSPS) is 28.3. The lowest BCUT2D eigenvalue weighted by Gasteiger charge is -2.30. The highest BCUT2D eigenvalue weighted by molar-refractivity contribution is 5.78. The van der Waals surface area contributed by atoms with Crippen LogP contribution in [-0.4, -0.2) is 48.7 Å². The van der Waals surface area contributed by atoms with Crippen molar-refractivity contribution < 1.29 is 9.90 Å². The summed E-state index contributed by atoms with van der Waals surface area (Å²) in [5.41, 5.74) is -0.682. The number of carboxylic acids is 1. The van der Waals surface area contributed by atoms with E-state index < -0.39 is 11.5 Å². The summed E-state index contributed by atoms with van der Waals surface area (Å²) in [6, 6.07) is 0. The predicted molar refractivity (Wildman–Crippen MR) is 78.4 cm³/mol. The molecule has 2 atom stereocenters. The Bertz CT molecular complexity index is 281. The standard InChI is InChI=1S/C15H30N2O2/c1-4-6-13-7-5-9-15(10-8-13,14(18)19)16-11-12-17(2)3/h13,16H,4-12H2,1-3H3,(H,18,19). The highest BCUT2D eigenvalue weighted by atomic mass is 16.4. The van der Waals surface area contributed by atoms with Crippen LogP contribution in [0.15, 0.2) is 0 Å². The van der Waals surface area contributed by atoms with Crippen LogP contribution in [0, 0.1) is 5.92 Å². The molecule has 112 valence electrons. The summed E-state index contributed by atoms with van der Waals surface area (Å²) in [5.74, 6) is 0.0604. The molecule has 0 aromatic carbocycles. The van der Waals surface area contributed by atoms with Crippen molar-refractivity contribution in [3.8, 4) is 0 Å². The maximum atomic E-state index is 11.7. The van der Waals surface area contributed by atoms with Crippen LogP contribution in [0.1, 0.15) is 51.9 Å². The molecule has 0 heterocycles. The molecule has 0 aliphatic heterocycles. The van der Waals surface area contributed by atoms with E-state index in [2.05, 4.69) is 17.1 Å². The largest absolute Gasteiger partial charge is 0.480 e. The van der Waals surface area contributed by atoms with Gasteiger partial charge in [0.05, 0.1) is 0 Å². The number of aliphatic carboxylic acids is 1. The van der Waals surface area contributed by atoms with Crippen LogP contribution in [0.4, 0.5) is 0 Å². The zero-order valence-electron chi connectivity index (χ0n) is 12.7. The number of nitrogens with zero attached hydrogens (tertiary/aromatic N) is 1. The average Bonchev–Trinajstić information content (AvgIpc) is 2.53. The Morgan fingerprint density at radius 1 is 1.37 bits per heavy atom. The number of nitrogens with one attached hydrogen (secondary N) is 1. The third-order valence-electron chi connectivity index (χ3n) is 4.32. The zero-order valence-corrected chi connectivity index (χ0v) is 12.7. The lowest BCUT2D eigenvalue weighted by molar-refractivity contribution is -0.145. The van der Waals surface area contributed by atoms with Crippen molar-refractivity contribution >= 4 is 5.97 Å². The second-order valence-electron chi connectivity index (χ2n) is 6.20. The molecule has 1 aliphatic rings. The zero-order chi connectivity index (χ0) is 14.3. The second-order valence-corrected chi connectivity index (χ2v) is 6.20. The third kappa shape index (κ3) is 5.11. The Morgan fingerprint density at radius 3 is 2.68 bits per heavy atom. The quantitative estimate of drug-likeness (QED) is 0.697. The van der Waals surface area contributed by atoms with Gasteiger partial charge >= 0.3 is 5.97 Å². The molecule has 4 heteroatoms. The number of rotatable bonds is 7. The minimum absolute atomic E-state index is 0.664. The van der Waals surface area contributed by atoms with E-state index in [0.717, 1.165) is 44.7 Å². The van der Waals surface area contributed by atoms with E-state index in [4.69, 9.17) is 0 Å². The lowest BCUT2D eigenvalue weighted by Crippen LogP contribution is -2.53. The Hall–Kier alpha value is -0.610. The van der Waals surface area contributed by atoms with E-state index in [1.807, 2.05) is 14.1 Å². The fourth-order valence-corrected chi connectivity index (χ4v) is 3.09. The molecule has 4 nitrogen and oxygen atoms in total. The SMILES string of the molecule is CCCC1CCCC(NCCN(C)C)(C(=O)O)CC1. The van der Waals surface area contributed by atoms with E-state index >= 15 is 0 Å². The van der Waals surface area contributed by atoms with Gasteiger partial charge in [0.25, 0.3) is 0 Å². The number of hydrogen-bond acceptors (Lipinski definition) is 3. The topological polar surface area (TPSA) is 52.6 Å². The van der Waals surface area contributed by atoms with Crippen molar-refractivity contribution in [3.63, 3.8) is 0 Å². The fourth-order valence-electron chi connectivity index (χ4n) is 3.09. The van der Waals surface area contributed by atoms with Crippen molar-refractivity contribution in [3.05, 3.63) is 0 Å². The van der Waals surface area contributed by atoms with Crippen molar-refractivity contribution in [2.45, 2.75) is 57.4 Å². The van der Waals surface area contributed by atoms with Crippen LogP contribution in [-0.2, 0) is 4.79 Å². The lowest BCUT2D eigenvalue weighted by atomic mass is 9.89. The molecule has 0 aromatic rings. The van der Waals surface area contributed by atoms with Crippen LogP contribution in [0.25, 0.3) is 0 Å². The molecule has 0 aromatic heterocycles. The first-order chi connectivity index (χ1) is 9.00. The first-order valence-corrected chi connectivity index (χ1v) is 7.63. The molecule has 1 saturated carbocycles. The van der Waals surface area contributed by atoms with Gasteiger partial charge in [-0.25, -0.2) is 0 Å². The maximum Gasteiger partial charge on any atom is 0.323 e. The molecule has 0 spiro atoms. The van der Waals surface area contributed by atoms with Crippen molar-refractivity contribution in [1.29, 1.82) is 0 Å². The van der Waals surface area contributed by atoms with Crippen molar-refractivity contribution in [2.75, 3.05) is 27.2 Å². The van der Waals surface area contributed by atoms with Crippen molar-refractivity contribution in [1.82, 2.24) is 10.2 Å². The van der Waals surface area contributed by atoms with Crippen LogP contribution in [0.5, 0.6) is 0 Å². The fraction of sp³-hybridized carbons (Fsp3) is 0.933. The van der Waals surface area contributed by atoms with Crippen LogP contribution < -0.4 is 5.32 Å². The van der Waals surface area contributed by atoms with Gasteiger partial charge in [-0.1, -0.05) is 32.6 Å². The molecule has 2 unspecified atom stereocenters. The van der Waals surface area contributed by atoms with Gasteiger partial charge in [0.1, 0.15) is 5.54 Å². The number of likely N-dealkylation sites (N-methyl/N-ethyl adjacent to an activating group) is 1. The smallest absolute Gasteiger partial charge is 0.323 e. The molecule has 0 radical (unpaired) electrons. The molecule has 19 heavy (non-hydrogen) atoms. The van der Waals surface area contributed by atoms with E-state index in [0.29, 0.717) is 0 Å². The monoisotopic (exact) mass is 270 g/mol. The minimum Gasteiger partial charge on any atom is -0.480 e. The first-order valence-electron chi connectivity index (χ1n) is 7.63. The van der Waals surface area contributed by atoms with E-state index in [1.165, 1.54) is 19.3 Å². The summed E-state index contributed by atoms with van der Waals surface area (Å²) >= 11 is 0. The molecule has 0 amide bonds. The minimum atomic E-state index is -0.682. The molecular formula is C15H30N2O2. The van der Waals surface area contributed by atoms with Gasteiger partial charge in [-0.05, 0) is 39.3 Å². The van der Waals surface area contributed by atoms with Gasteiger partial charge in [-0.3, -0.25) is 4.79 Å². The molecular weight excluding hydrogens is 240 g/mol. The van der Waals surface area contributed by atoms with Gasteiger partial charge in [0.2, 0.25) is 0 Å². The number of carbonyl (C=O) groups is 1. The number of hydrogen-bond donors (Lipinski definition) is 2. The first kappa shape index (κ1) is 16.4. The Labute approximate surface area is 117 Å². The van der Waals surface area contributed by atoms with E-state index in [-0.39, 0.29) is 0 Å². The van der Waals surface area contributed by atoms with Gasteiger partial charge in [0.15, 0.2) is 0 Å². The molecule has 1 fully saturated rings. The molecule has 1 aliphatic carbocycles. The van der Waals surface area contributed by atoms with Crippen LogP contribution in [0.2, 0.25) is 0 Å². The summed E-state index contributed by atoms with van der Waals surface area (Å²) in [7, 11) is 4.03. The Morgan fingerprint density at radius 2 is 2.11 bits per heavy atom. The molecule has 0 bridgehead atoms. The third-order valence-corrected chi connectivity index (χ3v) is 4.32.